The van der Waals surface area contributed by atoms with Crippen LogP contribution in [0, 0.1) is 11.7 Å². The second-order valence-electron chi connectivity index (χ2n) is 7.95. The molecular formula is C21H24BrClFN2O9P. The summed E-state index contributed by atoms with van der Waals surface area (Å²) in [7, 11) is -4.11. The maximum Gasteiger partial charge on any atom is 0.380 e. The van der Waals surface area contributed by atoms with Gasteiger partial charge in [0.2, 0.25) is 0 Å². The number of hydrogen-bond donors (Lipinski definition) is 2. The number of nitrogens with one attached hydrogen (secondary N) is 1. The molecular weight excluding hydrogens is 590 g/mol. The van der Waals surface area contributed by atoms with Crippen LogP contribution in [0.4, 0.5) is 4.39 Å². The predicted molar refractivity (Wildman–Crippen MR) is 130 cm³/mol. The fourth-order valence-electron chi connectivity index (χ4n) is 3.37. The Kier molecular flexibility index (Phi) is 9.18. The van der Waals surface area contributed by atoms with Gasteiger partial charge in [0.15, 0.2) is 10.0 Å². The normalized spacial score (nSPS) is 26.2. The van der Waals surface area contributed by atoms with Gasteiger partial charge in [-0.25, -0.2) is 13.8 Å². The Labute approximate surface area is 218 Å². The SMILES string of the molecule is CCOC(=O)[C@H](C)C[P@@](=O)(OC[C@H]1O[C@@H](n2ccc(=O)[nH]c2=O)[C@](Cl)(Br)[C@@H]1O)Oc1ccc(F)cc1. The predicted octanol–water partition coefficient (Wildman–Crippen LogP) is 2.75. The van der Waals surface area contributed by atoms with Crippen LogP contribution in [-0.4, -0.2) is 56.0 Å². The molecule has 15 heteroatoms. The molecule has 1 fully saturated rings. The number of aromatic amines is 1. The molecule has 0 unspecified atom stereocenters. The number of benzene rings is 1. The van der Waals surface area contributed by atoms with E-state index >= 15 is 0 Å². The first-order valence-corrected chi connectivity index (χ1v) is 13.6. The molecule has 0 radical (unpaired) electrons. The first kappa shape index (κ1) is 28.5. The molecule has 198 valence electrons. The van der Waals surface area contributed by atoms with Crippen LogP contribution in [0.2, 0.25) is 0 Å². The first-order valence-electron chi connectivity index (χ1n) is 10.7. The van der Waals surface area contributed by atoms with Crippen LogP contribution in [0.1, 0.15) is 20.1 Å². The number of nitrogens with zero attached hydrogens (tertiary/aromatic N) is 1. The van der Waals surface area contributed by atoms with E-state index in [4.69, 9.17) is 30.1 Å². The van der Waals surface area contributed by atoms with E-state index in [1.807, 2.05) is 0 Å². The summed E-state index contributed by atoms with van der Waals surface area (Å²) in [6.07, 6.45) is -3.24. The smallest absolute Gasteiger partial charge is 0.380 e. The Bertz CT molecular complexity index is 1240. The van der Waals surface area contributed by atoms with Gasteiger partial charge in [-0.15, -0.1) is 0 Å². The number of carbonyl (C=O) groups is 1. The van der Waals surface area contributed by atoms with Crippen LogP contribution in [0.25, 0.3) is 0 Å². The largest absolute Gasteiger partial charge is 0.466 e. The van der Waals surface area contributed by atoms with Gasteiger partial charge < -0.3 is 19.1 Å². The average molecular weight is 614 g/mol. The van der Waals surface area contributed by atoms with Crippen molar-refractivity contribution < 1.29 is 37.4 Å². The highest BCUT2D eigenvalue weighted by Gasteiger charge is 2.55. The van der Waals surface area contributed by atoms with Crippen molar-refractivity contribution in [2.75, 3.05) is 19.4 Å². The van der Waals surface area contributed by atoms with E-state index in [0.29, 0.717) is 0 Å². The minimum Gasteiger partial charge on any atom is -0.466 e. The van der Waals surface area contributed by atoms with Gasteiger partial charge in [-0.05, 0) is 31.2 Å². The zero-order valence-electron chi connectivity index (χ0n) is 19.1. The number of halogens is 3. The maximum atomic E-state index is 13.6. The summed E-state index contributed by atoms with van der Waals surface area (Å²) in [5.74, 6) is -2.03. The van der Waals surface area contributed by atoms with Gasteiger partial charge >= 0.3 is 19.3 Å². The van der Waals surface area contributed by atoms with E-state index in [1.165, 1.54) is 19.1 Å². The second-order valence-corrected chi connectivity index (χ2v) is 12.4. The number of hydrogen-bond acceptors (Lipinski definition) is 9. The van der Waals surface area contributed by atoms with Crippen LogP contribution >= 0.6 is 35.1 Å². The summed E-state index contributed by atoms with van der Waals surface area (Å²) in [6, 6.07) is 5.74. The van der Waals surface area contributed by atoms with E-state index in [2.05, 4.69) is 20.9 Å². The molecule has 2 N–H and O–H groups in total. The third-order valence-electron chi connectivity index (χ3n) is 5.16. The molecule has 0 bridgehead atoms. The second kappa shape index (κ2) is 11.6. The number of aliphatic hydroxyl groups excluding tert-OH is 1. The first-order chi connectivity index (χ1) is 16.9. The number of carbonyl (C=O) groups excluding carboxylic acids is 1. The number of H-pyrrole nitrogens is 1. The number of ether oxygens (including phenoxy) is 2. The fraction of sp³-hybridized carbons (Fsp3) is 0.476. The molecule has 11 nitrogen and oxygen atoms in total. The van der Waals surface area contributed by atoms with Crippen molar-refractivity contribution >= 4 is 41.1 Å². The average Bonchev–Trinajstić information content (AvgIpc) is 3.03. The third-order valence-corrected chi connectivity index (χ3v) is 8.46. The molecule has 1 aromatic carbocycles. The molecule has 1 aromatic heterocycles. The van der Waals surface area contributed by atoms with Crippen molar-refractivity contribution in [2.24, 2.45) is 5.92 Å². The van der Waals surface area contributed by atoms with Gasteiger partial charge in [-0.2, -0.15) is 0 Å². The van der Waals surface area contributed by atoms with Crippen LogP contribution < -0.4 is 15.8 Å². The minimum atomic E-state index is -4.11. The molecule has 6 atom stereocenters. The highest BCUT2D eigenvalue weighted by molar-refractivity contribution is 9.10. The van der Waals surface area contributed by atoms with E-state index in [-0.39, 0.29) is 12.4 Å². The quantitative estimate of drug-likeness (QED) is 0.235. The summed E-state index contributed by atoms with van der Waals surface area (Å²) in [4.78, 5) is 37.8. The Morgan fingerprint density at radius 1 is 1.36 bits per heavy atom. The van der Waals surface area contributed by atoms with Crippen LogP contribution in [0.5, 0.6) is 5.75 Å². The maximum absolute atomic E-state index is 13.6. The Morgan fingerprint density at radius 2 is 2.03 bits per heavy atom. The molecule has 0 amide bonds. The van der Waals surface area contributed by atoms with Gasteiger partial charge in [0.05, 0.1) is 25.3 Å². The fourth-order valence-corrected chi connectivity index (χ4v) is 6.16. The van der Waals surface area contributed by atoms with Crippen molar-refractivity contribution in [2.45, 2.75) is 36.1 Å². The van der Waals surface area contributed by atoms with Crippen molar-refractivity contribution in [3.8, 4) is 5.75 Å². The topological polar surface area (TPSA) is 146 Å². The van der Waals surface area contributed by atoms with Crippen molar-refractivity contribution in [3.63, 3.8) is 0 Å². The minimum absolute atomic E-state index is 0.0218. The zero-order valence-corrected chi connectivity index (χ0v) is 22.4. The number of alkyl halides is 2. The molecule has 36 heavy (non-hydrogen) atoms. The van der Waals surface area contributed by atoms with Gasteiger partial charge in [-0.1, -0.05) is 34.5 Å². The Hall–Kier alpha value is -2.02. The van der Waals surface area contributed by atoms with Crippen molar-refractivity contribution in [1.82, 2.24) is 9.55 Å². The summed E-state index contributed by atoms with van der Waals surface area (Å²) in [5, 5.41) is 10.7. The highest BCUT2D eigenvalue weighted by Crippen LogP contribution is 2.52. The molecule has 3 rings (SSSR count). The standard InChI is InChI=1S/C21H24BrClFN2O9P/c1-3-32-18(29)12(2)11-36(31,35-14-6-4-13(24)5-7-14)33-10-15-17(28)21(22,23)19(34-15)26-9-8-16(27)25-20(26)30/h4-9,12,15,17,19,28H,3,10-11H2,1-2H3,(H,25,27,30)/t12-,15-,17-,19-,21+,36-/m1/s1. The lowest BCUT2D eigenvalue weighted by molar-refractivity contribution is -0.146. The number of esters is 1. The molecule has 0 spiro atoms. The van der Waals surface area contributed by atoms with E-state index < -0.39 is 71.5 Å². The summed E-state index contributed by atoms with van der Waals surface area (Å²) in [6.45, 7) is 2.69. The number of rotatable bonds is 10. The molecule has 2 heterocycles. The lowest BCUT2D eigenvalue weighted by atomic mass is 10.2. The monoisotopic (exact) mass is 612 g/mol. The lowest BCUT2D eigenvalue weighted by Crippen LogP contribution is -2.40. The molecule has 0 aliphatic carbocycles. The van der Waals surface area contributed by atoms with E-state index in [9.17, 15) is 28.4 Å². The Balaban J connectivity index is 1.81. The van der Waals surface area contributed by atoms with E-state index in [1.54, 1.807) is 6.92 Å². The zero-order chi connectivity index (χ0) is 26.7. The van der Waals surface area contributed by atoms with E-state index in [0.717, 1.165) is 29.0 Å². The molecule has 0 saturated carbocycles. The summed E-state index contributed by atoms with van der Waals surface area (Å²) >= 11 is 9.57. The van der Waals surface area contributed by atoms with Crippen LogP contribution in [-0.2, 0) is 23.4 Å². The van der Waals surface area contributed by atoms with Gasteiger partial charge in [-0.3, -0.25) is 23.7 Å². The summed E-state index contributed by atoms with van der Waals surface area (Å²) < 4.78 is 47.9. The summed E-state index contributed by atoms with van der Waals surface area (Å²) in [5.41, 5.74) is -1.47. The highest BCUT2D eigenvalue weighted by atomic mass is 79.9. The molecule has 1 aliphatic heterocycles. The van der Waals surface area contributed by atoms with Gasteiger partial charge in [0, 0.05) is 12.3 Å². The third kappa shape index (κ3) is 6.64. The van der Waals surface area contributed by atoms with Crippen molar-refractivity contribution in [1.29, 1.82) is 0 Å². The molecule has 1 aliphatic rings. The Morgan fingerprint density at radius 3 is 2.64 bits per heavy atom. The number of aromatic nitrogens is 2. The lowest BCUT2D eigenvalue weighted by Gasteiger charge is -2.25. The van der Waals surface area contributed by atoms with Gasteiger partial charge in [0.25, 0.3) is 5.56 Å². The molecule has 1 saturated heterocycles. The van der Waals surface area contributed by atoms with Crippen LogP contribution in [0.15, 0.2) is 46.1 Å². The van der Waals surface area contributed by atoms with Crippen molar-refractivity contribution in [3.05, 3.63) is 63.2 Å². The molecule has 2 aromatic rings. The number of aliphatic hydroxyl groups is 1. The van der Waals surface area contributed by atoms with Crippen LogP contribution in [0.3, 0.4) is 0 Å². The van der Waals surface area contributed by atoms with Gasteiger partial charge in [0.1, 0.15) is 23.8 Å².